The standard InChI is InChI=1S/C64H41N3O2/c1-5-16-42(17-6-1)44-28-32-46(33-29-44)61-65-62(47-34-30-45(31-35-47)43-18-7-2-8-19-43)67-63(66-61)50-21-15-20-48(40-50)49-36-38-56-58(41-49)69-60-57(68-56)39-37-55-59(60)53-26-13-14-27-54(53)64(55,51-22-9-3-10-23-51)52-24-11-4-12-25-52/h1-41H. The Hall–Kier alpha value is -9.19. The van der Waals surface area contributed by atoms with Gasteiger partial charge in [0.1, 0.15) is 0 Å². The molecule has 1 aliphatic carbocycles. The van der Waals surface area contributed by atoms with E-state index in [9.17, 15) is 0 Å². The summed E-state index contributed by atoms with van der Waals surface area (Å²) >= 11 is 0. The van der Waals surface area contributed by atoms with E-state index in [1.807, 2.05) is 18.2 Å². The molecule has 0 saturated carbocycles. The molecule has 1 aliphatic heterocycles. The fourth-order valence-electron chi connectivity index (χ4n) is 10.2. The number of fused-ring (bicyclic) bond motifs is 6. The van der Waals surface area contributed by atoms with E-state index >= 15 is 0 Å². The normalized spacial score (nSPS) is 12.7. The minimum absolute atomic E-state index is 0.554. The summed E-state index contributed by atoms with van der Waals surface area (Å²) < 4.78 is 13.8. The lowest BCUT2D eigenvalue weighted by Gasteiger charge is -2.34. The number of ether oxygens (including phenoxy) is 2. The Labute approximate surface area is 400 Å². The summed E-state index contributed by atoms with van der Waals surface area (Å²) in [5.41, 5.74) is 15.6. The second kappa shape index (κ2) is 16.6. The SMILES string of the molecule is c1ccc(-c2ccc(-c3nc(-c4ccc(-c5ccccc5)cc4)nc(-c4cccc(-c5ccc6c(c5)Oc5c(ccc7c5-c5ccccc5C7(c5ccccc5)c5ccccc5)O6)c4)n3)cc2)cc1. The maximum atomic E-state index is 7.06. The minimum atomic E-state index is -0.554. The molecule has 324 valence electrons. The van der Waals surface area contributed by atoms with Crippen molar-refractivity contribution >= 4 is 0 Å². The highest BCUT2D eigenvalue weighted by Gasteiger charge is 2.48. The van der Waals surface area contributed by atoms with Crippen LogP contribution < -0.4 is 9.47 Å². The summed E-state index contributed by atoms with van der Waals surface area (Å²) in [5, 5.41) is 0. The van der Waals surface area contributed by atoms with E-state index in [1.165, 1.54) is 16.7 Å². The fraction of sp³-hybridized carbons (Fsp3) is 0.0156. The van der Waals surface area contributed by atoms with Crippen LogP contribution >= 0.6 is 0 Å². The van der Waals surface area contributed by atoms with Crippen molar-refractivity contribution in [3.05, 3.63) is 271 Å². The van der Waals surface area contributed by atoms with Gasteiger partial charge in [-0.2, -0.15) is 0 Å². The van der Waals surface area contributed by atoms with Crippen LogP contribution in [0.4, 0.5) is 0 Å². The van der Waals surface area contributed by atoms with Crippen molar-refractivity contribution in [2.45, 2.75) is 5.41 Å². The maximum absolute atomic E-state index is 7.06. The summed E-state index contributed by atoms with van der Waals surface area (Å²) in [4.78, 5) is 15.4. The van der Waals surface area contributed by atoms with Crippen LogP contribution in [0.5, 0.6) is 23.0 Å². The lowest BCUT2D eigenvalue weighted by atomic mass is 9.68. The summed E-state index contributed by atoms with van der Waals surface area (Å²) in [5.74, 6) is 4.49. The van der Waals surface area contributed by atoms with Gasteiger partial charge in [0, 0.05) is 22.3 Å². The highest BCUT2D eigenvalue weighted by Crippen LogP contribution is 2.62. The first-order chi connectivity index (χ1) is 34.2. The van der Waals surface area contributed by atoms with Crippen LogP contribution in [0.25, 0.3) is 78.7 Å². The van der Waals surface area contributed by atoms with Gasteiger partial charge in [-0.05, 0) is 85.5 Å². The second-order valence-corrected chi connectivity index (χ2v) is 17.5. The smallest absolute Gasteiger partial charge is 0.178 e. The molecule has 0 saturated heterocycles. The molecule has 1 aromatic heterocycles. The lowest BCUT2D eigenvalue weighted by Crippen LogP contribution is -2.28. The molecule has 0 N–H and O–H groups in total. The van der Waals surface area contributed by atoms with E-state index in [-0.39, 0.29) is 0 Å². The average Bonchev–Trinajstić information content (AvgIpc) is 3.75. The van der Waals surface area contributed by atoms with E-state index in [2.05, 4.69) is 231 Å². The first-order valence-corrected chi connectivity index (χ1v) is 23.2. The highest BCUT2D eigenvalue weighted by molar-refractivity contribution is 5.92. The zero-order chi connectivity index (χ0) is 45.7. The van der Waals surface area contributed by atoms with Gasteiger partial charge in [0.25, 0.3) is 0 Å². The van der Waals surface area contributed by atoms with E-state index < -0.39 is 5.41 Å². The summed E-state index contributed by atoms with van der Waals surface area (Å²) in [6.07, 6.45) is 0. The third kappa shape index (κ3) is 6.90. The molecule has 0 spiro atoms. The molecule has 2 heterocycles. The van der Waals surface area contributed by atoms with Crippen molar-refractivity contribution in [1.82, 2.24) is 15.0 Å². The molecule has 5 heteroatoms. The van der Waals surface area contributed by atoms with Crippen LogP contribution in [-0.2, 0) is 5.41 Å². The fourth-order valence-corrected chi connectivity index (χ4v) is 10.2. The maximum Gasteiger partial charge on any atom is 0.178 e. The van der Waals surface area contributed by atoms with Crippen molar-refractivity contribution in [3.8, 4) is 102 Å². The third-order valence-electron chi connectivity index (χ3n) is 13.5. The molecule has 11 aromatic rings. The van der Waals surface area contributed by atoms with Gasteiger partial charge in [0.2, 0.25) is 0 Å². The molecule has 0 unspecified atom stereocenters. The number of nitrogens with zero attached hydrogens (tertiary/aromatic N) is 3. The molecule has 69 heavy (non-hydrogen) atoms. The number of benzene rings is 10. The molecule has 2 aliphatic rings. The van der Waals surface area contributed by atoms with Crippen molar-refractivity contribution in [3.63, 3.8) is 0 Å². The van der Waals surface area contributed by atoms with E-state index in [1.54, 1.807) is 0 Å². The molecule has 0 radical (unpaired) electrons. The topological polar surface area (TPSA) is 57.1 Å². The van der Waals surface area contributed by atoms with Crippen molar-refractivity contribution in [1.29, 1.82) is 0 Å². The first kappa shape index (κ1) is 40.1. The molecule has 5 nitrogen and oxygen atoms in total. The summed E-state index contributed by atoms with van der Waals surface area (Å²) in [7, 11) is 0. The van der Waals surface area contributed by atoms with Crippen molar-refractivity contribution < 1.29 is 9.47 Å². The Morgan fingerprint density at radius 2 is 0.710 bits per heavy atom. The molecule has 0 fully saturated rings. The predicted molar refractivity (Wildman–Crippen MR) is 276 cm³/mol. The van der Waals surface area contributed by atoms with Crippen LogP contribution in [-0.4, -0.2) is 15.0 Å². The Morgan fingerprint density at radius 3 is 1.30 bits per heavy atom. The molecule has 10 aromatic carbocycles. The number of hydrogen-bond acceptors (Lipinski definition) is 5. The molecule has 0 atom stereocenters. The highest BCUT2D eigenvalue weighted by atomic mass is 16.6. The van der Waals surface area contributed by atoms with Crippen LogP contribution in [0.1, 0.15) is 22.3 Å². The van der Waals surface area contributed by atoms with E-state index in [0.29, 0.717) is 40.5 Å². The summed E-state index contributed by atoms with van der Waals surface area (Å²) in [6.45, 7) is 0. The van der Waals surface area contributed by atoms with Crippen LogP contribution in [0.2, 0.25) is 0 Å². The summed E-state index contributed by atoms with van der Waals surface area (Å²) in [6, 6.07) is 86.7. The van der Waals surface area contributed by atoms with E-state index in [0.717, 1.165) is 66.8 Å². The van der Waals surface area contributed by atoms with Crippen molar-refractivity contribution in [2.75, 3.05) is 0 Å². The van der Waals surface area contributed by atoms with E-state index in [4.69, 9.17) is 24.4 Å². The van der Waals surface area contributed by atoms with Gasteiger partial charge in [-0.1, -0.05) is 224 Å². The Bertz CT molecular complexity index is 3550. The largest absolute Gasteiger partial charge is 0.449 e. The van der Waals surface area contributed by atoms with Gasteiger partial charge in [0.05, 0.1) is 5.41 Å². The molecular formula is C64H41N3O2. The minimum Gasteiger partial charge on any atom is -0.449 e. The zero-order valence-electron chi connectivity index (χ0n) is 37.3. The number of hydrogen-bond donors (Lipinski definition) is 0. The van der Waals surface area contributed by atoms with Gasteiger partial charge in [-0.25, -0.2) is 15.0 Å². The van der Waals surface area contributed by atoms with Crippen LogP contribution in [0.15, 0.2) is 249 Å². The third-order valence-corrected chi connectivity index (χ3v) is 13.5. The number of aromatic nitrogens is 3. The number of rotatable bonds is 8. The first-order valence-electron chi connectivity index (χ1n) is 23.2. The van der Waals surface area contributed by atoms with Gasteiger partial charge in [-0.15, -0.1) is 0 Å². The van der Waals surface area contributed by atoms with Crippen LogP contribution in [0.3, 0.4) is 0 Å². The van der Waals surface area contributed by atoms with Gasteiger partial charge in [-0.3, -0.25) is 0 Å². The Balaban J connectivity index is 0.883. The molecule has 0 amide bonds. The lowest BCUT2D eigenvalue weighted by molar-refractivity contribution is 0.360. The van der Waals surface area contributed by atoms with Gasteiger partial charge in [0.15, 0.2) is 40.5 Å². The quantitative estimate of drug-likeness (QED) is 0.152. The Morgan fingerprint density at radius 1 is 0.275 bits per heavy atom. The molecule has 13 rings (SSSR count). The monoisotopic (exact) mass is 883 g/mol. The van der Waals surface area contributed by atoms with Crippen LogP contribution in [0, 0.1) is 0 Å². The molecular weight excluding hydrogens is 843 g/mol. The molecule has 0 bridgehead atoms. The van der Waals surface area contributed by atoms with Crippen molar-refractivity contribution in [2.24, 2.45) is 0 Å². The average molecular weight is 884 g/mol. The zero-order valence-corrected chi connectivity index (χ0v) is 37.3. The second-order valence-electron chi connectivity index (χ2n) is 17.5. The van der Waals surface area contributed by atoms with Gasteiger partial charge >= 0.3 is 0 Å². The predicted octanol–water partition coefficient (Wildman–Crippen LogP) is 16.1. The Kier molecular flexibility index (Phi) is 9.65. The van der Waals surface area contributed by atoms with Gasteiger partial charge < -0.3 is 9.47 Å².